The molecule has 78 valence electrons. The van der Waals surface area contributed by atoms with Gasteiger partial charge in [0.1, 0.15) is 5.75 Å². The number of methoxy groups -OCH3 is 1. The molecule has 0 aliphatic heterocycles. The Kier molecular flexibility index (Phi) is 3.92. The zero-order chi connectivity index (χ0) is 10.7. The summed E-state index contributed by atoms with van der Waals surface area (Å²) in [7, 11) is 1.61. The lowest BCUT2D eigenvalue weighted by atomic mass is 10.0. The van der Waals surface area contributed by atoms with Crippen LogP contribution in [0.15, 0.2) is 22.7 Å². The summed E-state index contributed by atoms with van der Waals surface area (Å²) in [6, 6.07) is 5.16. The molecule has 0 fully saturated rings. The molecule has 2 unspecified atom stereocenters. The van der Waals surface area contributed by atoms with Gasteiger partial charge in [0, 0.05) is 0 Å². The molecule has 3 N–H and O–H groups in total. The lowest BCUT2D eigenvalue weighted by Gasteiger charge is -2.16. The number of hydrogen-bond acceptors (Lipinski definition) is 3. The molecule has 14 heavy (non-hydrogen) atoms. The molecule has 1 rings (SSSR count). The minimum atomic E-state index is -0.560. The molecule has 4 heteroatoms. The molecule has 2 atom stereocenters. The van der Waals surface area contributed by atoms with E-state index in [1.165, 1.54) is 0 Å². The van der Waals surface area contributed by atoms with Crippen LogP contribution < -0.4 is 10.5 Å². The Hall–Kier alpha value is -0.580. The molecular formula is C10H14BrNO2. The van der Waals surface area contributed by atoms with Gasteiger partial charge in [-0.1, -0.05) is 6.07 Å². The quantitative estimate of drug-likeness (QED) is 0.871. The van der Waals surface area contributed by atoms with Gasteiger partial charge < -0.3 is 15.6 Å². The van der Waals surface area contributed by atoms with Crippen LogP contribution >= 0.6 is 15.9 Å². The highest BCUT2D eigenvalue weighted by Crippen LogP contribution is 2.28. The van der Waals surface area contributed by atoms with Crippen molar-refractivity contribution in [3.8, 4) is 5.75 Å². The topological polar surface area (TPSA) is 55.5 Å². The zero-order valence-corrected chi connectivity index (χ0v) is 9.78. The third-order valence-electron chi connectivity index (χ3n) is 2.08. The summed E-state index contributed by atoms with van der Waals surface area (Å²) < 4.78 is 5.93. The first-order valence-electron chi connectivity index (χ1n) is 4.33. The van der Waals surface area contributed by atoms with E-state index in [0.717, 1.165) is 15.8 Å². The van der Waals surface area contributed by atoms with Gasteiger partial charge in [-0.05, 0) is 40.5 Å². The van der Waals surface area contributed by atoms with Gasteiger partial charge in [0.05, 0.1) is 23.7 Å². The minimum absolute atomic E-state index is 0.364. The summed E-state index contributed by atoms with van der Waals surface area (Å²) in [4.78, 5) is 0. The highest BCUT2D eigenvalue weighted by atomic mass is 79.9. The second-order valence-electron chi connectivity index (χ2n) is 3.16. The second-order valence-corrected chi connectivity index (χ2v) is 4.01. The van der Waals surface area contributed by atoms with Crippen LogP contribution in [0.1, 0.15) is 18.5 Å². The van der Waals surface area contributed by atoms with Crippen LogP contribution in [0.25, 0.3) is 0 Å². The molecule has 0 saturated carbocycles. The summed E-state index contributed by atoms with van der Waals surface area (Å²) in [5.41, 5.74) is 6.67. The maximum Gasteiger partial charge on any atom is 0.133 e. The highest BCUT2D eigenvalue weighted by molar-refractivity contribution is 9.10. The molecular weight excluding hydrogens is 246 g/mol. The van der Waals surface area contributed by atoms with Crippen molar-refractivity contribution in [3.63, 3.8) is 0 Å². The van der Waals surface area contributed by atoms with Crippen LogP contribution in [0.4, 0.5) is 0 Å². The first kappa shape index (κ1) is 11.5. The van der Waals surface area contributed by atoms with E-state index >= 15 is 0 Å². The Morgan fingerprint density at radius 1 is 1.50 bits per heavy atom. The van der Waals surface area contributed by atoms with E-state index < -0.39 is 6.10 Å². The van der Waals surface area contributed by atoms with Crippen LogP contribution in [0.2, 0.25) is 0 Å². The van der Waals surface area contributed by atoms with E-state index in [9.17, 15) is 5.11 Å². The largest absolute Gasteiger partial charge is 0.496 e. The van der Waals surface area contributed by atoms with Gasteiger partial charge >= 0.3 is 0 Å². The van der Waals surface area contributed by atoms with Gasteiger partial charge in [0.15, 0.2) is 0 Å². The van der Waals surface area contributed by atoms with Crippen LogP contribution in [0.3, 0.4) is 0 Å². The maximum atomic E-state index is 9.32. The Morgan fingerprint density at radius 2 is 2.14 bits per heavy atom. The number of hydrogen-bond donors (Lipinski definition) is 2. The van der Waals surface area contributed by atoms with Gasteiger partial charge in [-0.2, -0.15) is 0 Å². The molecule has 0 saturated heterocycles. The fourth-order valence-electron chi connectivity index (χ4n) is 1.17. The Morgan fingerprint density at radius 3 is 2.57 bits per heavy atom. The number of rotatable bonds is 3. The molecule has 0 heterocycles. The fraction of sp³-hybridized carbons (Fsp3) is 0.400. The van der Waals surface area contributed by atoms with Crippen molar-refractivity contribution < 1.29 is 9.84 Å². The first-order chi connectivity index (χ1) is 6.56. The summed E-state index contributed by atoms with van der Waals surface area (Å²) in [6.07, 6.45) is -0.560. The van der Waals surface area contributed by atoms with E-state index in [4.69, 9.17) is 10.5 Å². The number of nitrogens with two attached hydrogens (primary N) is 1. The third kappa shape index (κ3) is 2.47. The molecule has 0 radical (unpaired) electrons. The third-order valence-corrected chi connectivity index (χ3v) is 2.70. The highest BCUT2D eigenvalue weighted by Gasteiger charge is 2.13. The van der Waals surface area contributed by atoms with Crippen molar-refractivity contribution in [2.24, 2.45) is 5.73 Å². The minimum Gasteiger partial charge on any atom is -0.496 e. The van der Waals surface area contributed by atoms with Crippen LogP contribution in [0, 0.1) is 0 Å². The molecule has 0 aliphatic carbocycles. The molecule has 3 nitrogen and oxygen atoms in total. The van der Waals surface area contributed by atoms with Gasteiger partial charge in [-0.3, -0.25) is 0 Å². The molecule has 0 spiro atoms. The first-order valence-corrected chi connectivity index (χ1v) is 5.12. The Labute approximate surface area is 92.0 Å². The molecule has 1 aromatic carbocycles. The van der Waals surface area contributed by atoms with Gasteiger partial charge in [0.2, 0.25) is 0 Å². The SMILES string of the molecule is COc1ccc(C(N)C(C)O)cc1Br. The zero-order valence-electron chi connectivity index (χ0n) is 8.20. The lowest BCUT2D eigenvalue weighted by molar-refractivity contribution is 0.164. The van der Waals surface area contributed by atoms with Crippen LogP contribution in [-0.4, -0.2) is 18.3 Å². The molecule has 0 aromatic heterocycles. The van der Waals surface area contributed by atoms with Crippen molar-refractivity contribution in [1.29, 1.82) is 0 Å². The normalized spacial score (nSPS) is 14.9. The molecule has 1 aromatic rings. The van der Waals surface area contributed by atoms with Crippen molar-refractivity contribution >= 4 is 15.9 Å². The number of benzene rings is 1. The standard InChI is InChI=1S/C10H14BrNO2/c1-6(13)10(12)7-3-4-9(14-2)8(11)5-7/h3-6,10,13H,12H2,1-2H3. The molecule has 0 aliphatic rings. The predicted octanol–water partition coefficient (Wildman–Crippen LogP) is 1.84. The monoisotopic (exact) mass is 259 g/mol. The van der Waals surface area contributed by atoms with Crippen molar-refractivity contribution in [2.75, 3.05) is 7.11 Å². The Balaban J connectivity index is 2.96. The van der Waals surface area contributed by atoms with Crippen LogP contribution in [-0.2, 0) is 0 Å². The van der Waals surface area contributed by atoms with Gasteiger partial charge in [-0.15, -0.1) is 0 Å². The van der Waals surface area contributed by atoms with Gasteiger partial charge in [0.25, 0.3) is 0 Å². The average Bonchev–Trinajstić information content (AvgIpc) is 2.16. The second kappa shape index (κ2) is 4.77. The van der Waals surface area contributed by atoms with E-state index in [0.29, 0.717) is 0 Å². The van der Waals surface area contributed by atoms with Crippen molar-refractivity contribution in [1.82, 2.24) is 0 Å². The maximum absolute atomic E-state index is 9.32. The lowest BCUT2D eigenvalue weighted by Crippen LogP contribution is -2.23. The molecule has 0 amide bonds. The van der Waals surface area contributed by atoms with E-state index in [-0.39, 0.29) is 6.04 Å². The number of aliphatic hydroxyl groups is 1. The smallest absolute Gasteiger partial charge is 0.133 e. The van der Waals surface area contributed by atoms with E-state index in [1.807, 2.05) is 18.2 Å². The summed E-state index contributed by atoms with van der Waals surface area (Å²) in [6.45, 7) is 1.67. The molecule has 0 bridgehead atoms. The van der Waals surface area contributed by atoms with Crippen molar-refractivity contribution in [2.45, 2.75) is 19.1 Å². The summed E-state index contributed by atoms with van der Waals surface area (Å²) in [5, 5.41) is 9.32. The van der Waals surface area contributed by atoms with Crippen LogP contribution in [0.5, 0.6) is 5.75 Å². The van der Waals surface area contributed by atoms with E-state index in [2.05, 4.69) is 15.9 Å². The summed E-state index contributed by atoms with van der Waals surface area (Å²) >= 11 is 3.36. The number of ether oxygens (including phenoxy) is 1. The summed E-state index contributed by atoms with van der Waals surface area (Å²) in [5.74, 6) is 0.756. The average molecular weight is 260 g/mol. The predicted molar refractivity (Wildman–Crippen MR) is 59.3 cm³/mol. The number of halogens is 1. The van der Waals surface area contributed by atoms with Gasteiger partial charge in [-0.25, -0.2) is 0 Å². The fourth-order valence-corrected chi connectivity index (χ4v) is 1.73. The Bertz CT molecular complexity index is 315. The number of aliphatic hydroxyl groups excluding tert-OH is 1. The van der Waals surface area contributed by atoms with E-state index in [1.54, 1.807) is 14.0 Å². The van der Waals surface area contributed by atoms with Crippen molar-refractivity contribution in [3.05, 3.63) is 28.2 Å².